The predicted molar refractivity (Wildman–Crippen MR) is 164 cm³/mol. The van der Waals surface area contributed by atoms with E-state index in [2.05, 4.69) is 55.5 Å². The van der Waals surface area contributed by atoms with Crippen LogP contribution in [0, 0.1) is 5.82 Å². The molecule has 0 bridgehead atoms. The summed E-state index contributed by atoms with van der Waals surface area (Å²) in [6.07, 6.45) is 5.40. The molecule has 3 N–H and O–H groups in total. The van der Waals surface area contributed by atoms with E-state index >= 15 is 0 Å². The summed E-state index contributed by atoms with van der Waals surface area (Å²) in [5, 5.41) is 15.5. The standard InChI is InChI=1S/C32H32FN9O/c1-20(42-32-28(31(34)36-19-37-32)29(38-42)22-13-23(33)15-25(43)14-22)26-16-24-5-3-4-8-41(24)30(26)27-7-6-21(17-35-27)18-40-11-9-39(2)10-12-40/h3-8,13-17,19-20,43H,9-12,18H2,1-2H3,(H2,34,36,37). The minimum absolute atomic E-state index is 0.204. The molecule has 0 radical (unpaired) electrons. The van der Waals surface area contributed by atoms with E-state index in [-0.39, 0.29) is 17.6 Å². The van der Waals surface area contributed by atoms with Gasteiger partial charge in [-0.1, -0.05) is 12.1 Å². The van der Waals surface area contributed by atoms with Gasteiger partial charge in [0.15, 0.2) is 5.65 Å². The number of likely N-dealkylation sites (N-methyl/N-ethyl adjacent to an activating group) is 1. The Hall–Kier alpha value is -4.87. The van der Waals surface area contributed by atoms with Crippen molar-refractivity contribution in [1.82, 2.24) is 38.9 Å². The number of phenolic OH excluding ortho intramolecular Hbond substituents is 1. The van der Waals surface area contributed by atoms with Gasteiger partial charge >= 0.3 is 0 Å². The first kappa shape index (κ1) is 27.0. The van der Waals surface area contributed by atoms with Crippen LogP contribution in [0.15, 0.2) is 73.3 Å². The van der Waals surface area contributed by atoms with Gasteiger partial charge in [0.2, 0.25) is 0 Å². The van der Waals surface area contributed by atoms with Crippen molar-refractivity contribution in [2.75, 3.05) is 39.0 Å². The zero-order chi connectivity index (χ0) is 29.7. The fraction of sp³-hybridized carbons (Fsp3) is 0.250. The second-order valence-electron chi connectivity index (χ2n) is 11.2. The zero-order valence-corrected chi connectivity index (χ0v) is 24.0. The van der Waals surface area contributed by atoms with Gasteiger partial charge in [0.05, 0.1) is 22.8 Å². The number of aromatic nitrogens is 6. The number of phenols is 1. The first-order valence-corrected chi connectivity index (χ1v) is 14.3. The molecule has 1 aliphatic rings. The molecule has 10 nitrogen and oxygen atoms in total. The molecule has 1 unspecified atom stereocenters. The highest BCUT2D eigenvalue weighted by molar-refractivity contribution is 5.98. The van der Waals surface area contributed by atoms with Crippen LogP contribution in [0.4, 0.5) is 10.2 Å². The van der Waals surface area contributed by atoms with Gasteiger partial charge < -0.3 is 20.1 Å². The zero-order valence-electron chi connectivity index (χ0n) is 24.0. The van der Waals surface area contributed by atoms with Crippen LogP contribution < -0.4 is 5.73 Å². The molecular weight excluding hydrogens is 545 g/mol. The number of pyridine rings is 2. The van der Waals surface area contributed by atoms with Crippen molar-refractivity contribution in [3.63, 3.8) is 0 Å². The van der Waals surface area contributed by atoms with Gasteiger partial charge in [0.25, 0.3) is 0 Å². The molecule has 0 spiro atoms. The monoisotopic (exact) mass is 577 g/mol. The number of piperazine rings is 1. The fourth-order valence-corrected chi connectivity index (χ4v) is 5.97. The van der Waals surface area contributed by atoms with E-state index in [4.69, 9.17) is 15.8 Å². The molecule has 0 saturated carbocycles. The van der Waals surface area contributed by atoms with Crippen molar-refractivity contribution in [2.24, 2.45) is 0 Å². The summed E-state index contributed by atoms with van der Waals surface area (Å²) in [6.45, 7) is 7.15. The summed E-state index contributed by atoms with van der Waals surface area (Å²) < 4.78 is 18.2. The number of hydrogen-bond acceptors (Lipinski definition) is 8. The van der Waals surface area contributed by atoms with Crippen LogP contribution in [0.25, 0.3) is 39.2 Å². The van der Waals surface area contributed by atoms with Crippen LogP contribution in [0.1, 0.15) is 24.1 Å². The third-order valence-corrected chi connectivity index (χ3v) is 8.27. The average Bonchev–Trinajstić information content (AvgIpc) is 3.58. The molecule has 218 valence electrons. The largest absolute Gasteiger partial charge is 0.508 e. The Morgan fingerprint density at radius 1 is 1.00 bits per heavy atom. The molecular formula is C32H32FN9O. The van der Waals surface area contributed by atoms with Crippen molar-refractivity contribution in [3.05, 3.63) is 90.3 Å². The van der Waals surface area contributed by atoms with E-state index in [1.165, 1.54) is 24.0 Å². The summed E-state index contributed by atoms with van der Waals surface area (Å²) in [7, 11) is 2.16. The Morgan fingerprint density at radius 2 is 1.84 bits per heavy atom. The second-order valence-corrected chi connectivity index (χ2v) is 11.2. The summed E-state index contributed by atoms with van der Waals surface area (Å²) in [5.74, 6) is -0.560. The van der Waals surface area contributed by atoms with Gasteiger partial charge in [-0.15, -0.1) is 0 Å². The number of fused-ring (bicyclic) bond motifs is 2. The number of nitrogen functional groups attached to an aromatic ring is 1. The van der Waals surface area contributed by atoms with Gasteiger partial charge in [-0.05, 0) is 55.9 Å². The molecule has 1 aromatic carbocycles. The number of aromatic hydroxyl groups is 1. The molecule has 1 fully saturated rings. The Morgan fingerprint density at radius 3 is 2.60 bits per heavy atom. The van der Waals surface area contributed by atoms with Crippen LogP contribution >= 0.6 is 0 Å². The molecule has 7 rings (SSSR count). The molecule has 1 saturated heterocycles. The molecule has 1 aliphatic heterocycles. The minimum atomic E-state index is -0.579. The topological polar surface area (TPSA) is 114 Å². The van der Waals surface area contributed by atoms with E-state index in [1.807, 2.05) is 31.5 Å². The van der Waals surface area contributed by atoms with Crippen LogP contribution in [-0.4, -0.2) is 77.3 Å². The van der Waals surface area contributed by atoms with Crippen molar-refractivity contribution < 1.29 is 9.50 Å². The molecule has 11 heteroatoms. The molecule has 0 aliphatic carbocycles. The van der Waals surface area contributed by atoms with E-state index in [9.17, 15) is 9.50 Å². The number of hydrogen-bond donors (Lipinski definition) is 2. The lowest BCUT2D eigenvalue weighted by Crippen LogP contribution is -2.43. The van der Waals surface area contributed by atoms with E-state index in [1.54, 1.807) is 4.68 Å². The smallest absolute Gasteiger partial charge is 0.164 e. The quantitative estimate of drug-likeness (QED) is 0.296. The molecule has 6 aromatic rings. The lowest BCUT2D eigenvalue weighted by molar-refractivity contribution is 0.148. The van der Waals surface area contributed by atoms with Gasteiger partial charge in [0, 0.05) is 67.8 Å². The van der Waals surface area contributed by atoms with Crippen molar-refractivity contribution >= 4 is 22.4 Å². The van der Waals surface area contributed by atoms with Crippen molar-refractivity contribution in [3.8, 4) is 28.4 Å². The summed E-state index contributed by atoms with van der Waals surface area (Å²) in [5.41, 5.74) is 12.6. The molecule has 0 amide bonds. The van der Waals surface area contributed by atoms with Gasteiger partial charge in [-0.2, -0.15) is 5.10 Å². The molecule has 6 heterocycles. The molecule has 5 aromatic heterocycles. The first-order valence-electron chi connectivity index (χ1n) is 14.3. The first-order chi connectivity index (χ1) is 20.9. The van der Waals surface area contributed by atoms with Crippen LogP contribution in [0.5, 0.6) is 5.75 Å². The predicted octanol–water partition coefficient (Wildman–Crippen LogP) is 4.59. The Labute approximate surface area is 247 Å². The second kappa shape index (κ2) is 10.8. The lowest BCUT2D eigenvalue weighted by atomic mass is 10.1. The third kappa shape index (κ3) is 4.96. The van der Waals surface area contributed by atoms with Crippen LogP contribution in [0.2, 0.25) is 0 Å². The number of nitrogens with zero attached hydrogens (tertiary/aromatic N) is 8. The molecule has 1 atom stereocenters. The van der Waals surface area contributed by atoms with Crippen molar-refractivity contribution in [1.29, 1.82) is 0 Å². The van der Waals surface area contributed by atoms with Crippen LogP contribution in [0.3, 0.4) is 0 Å². The summed E-state index contributed by atoms with van der Waals surface area (Å²) >= 11 is 0. The Kier molecular flexibility index (Phi) is 6.75. The maximum atomic E-state index is 14.3. The number of halogens is 1. The molecule has 43 heavy (non-hydrogen) atoms. The Balaban J connectivity index is 1.32. The van der Waals surface area contributed by atoms with E-state index in [0.717, 1.165) is 61.3 Å². The average molecular weight is 578 g/mol. The van der Waals surface area contributed by atoms with E-state index in [0.29, 0.717) is 22.3 Å². The normalized spacial score (nSPS) is 15.4. The number of anilines is 1. The third-order valence-electron chi connectivity index (χ3n) is 8.27. The van der Waals surface area contributed by atoms with Crippen molar-refractivity contribution in [2.45, 2.75) is 19.5 Å². The highest BCUT2D eigenvalue weighted by atomic mass is 19.1. The van der Waals surface area contributed by atoms with Gasteiger partial charge in [-0.3, -0.25) is 9.88 Å². The summed E-state index contributed by atoms with van der Waals surface area (Å²) in [4.78, 5) is 18.5. The number of nitrogens with two attached hydrogens (primary N) is 1. The Bertz CT molecular complexity index is 1920. The number of benzene rings is 1. The van der Waals surface area contributed by atoms with Gasteiger partial charge in [-0.25, -0.2) is 19.0 Å². The number of rotatable bonds is 6. The highest BCUT2D eigenvalue weighted by Crippen LogP contribution is 2.38. The maximum Gasteiger partial charge on any atom is 0.164 e. The van der Waals surface area contributed by atoms with E-state index < -0.39 is 5.82 Å². The maximum absolute atomic E-state index is 14.3. The highest BCUT2D eigenvalue weighted by Gasteiger charge is 2.26. The summed E-state index contributed by atoms with van der Waals surface area (Å²) in [6, 6.07) is 15.9. The van der Waals surface area contributed by atoms with Crippen LogP contribution in [-0.2, 0) is 6.54 Å². The van der Waals surface area contributed by atoms with Gasteiger partial charge in [0.1, 0.15) is 29.4 Å². The lowest BCUT2D eigenvalue weighted by Gasteiger charge is -2.32. The SMILES string of the molecule is CC(c1cc2ccccn2c1-c1ccc(CN2CCN(C)CC2)cn1)n1nc(-c2cc(O)cc(F)c2)c2c(N)ncnc21. The fourth-order valence-electron chi connectivity index (χ4n) is 5.97. The minimum Gasteiger partial charge on any atom is -0.508 e.